The van der Waals surface area contributed by atoms with Crippen molar-refractivity contribution >= 4 is 52.2 Å². The van der Waals surface area contributed by atoms with Crippen LogP contribution >= 0.6 is 35.0 Å². The third kappa shape index (κ3) is 3.59. The minimum absolute atomic E-state index is 0.0814. The first-order valence-corrected chi connectivity index (χ1v) is 8.49. The van der Waals surface area contributed by atoms with Gasteiger partial charge in [-0.25, -0.2) is 0 Å². The Morgan fingerprint density at radius 3 is 2.62 bits per heavy atom. The van der Waals surface area contributed by atoms with Crippen LogP contribution in [0.25, 0.3) is 6.08 Å². The summed E-state index contributed by atoms with van der Waals surface area (Å²) in [5.74, 6) is -0.296. The van der Waals surface area contributed by atoms with Gasteiger partial charge in [0.2, 0.25) is 0 Å². The largest absolute Gasteiger partial charge is 0.508 e. The minimum Gasteiger partial charge on any atom is -0.508 e. The monoisotopic (exact) mass is 379 g/mol. The summed E-state index contributed by atoms with van der Waals surface area (Å²) in [7, 11) is 0. The molecular formula is C17H11Cl2NO3S. The maximum atomic E-state index is 12.5. The Hall–Kier alpha value is -1.95. The van der Waals surface area contributed by atoms with Crippen LogP contribution in [0.2, 0.25) is 10.0 Å². The third-order valence-electron chi connectivity index (χ3n) is 3.39. The molecule has 0 unspecified atom stereocenters. The molecule has 1 N–H and O–H groups in total. The molecule has 122 valence electrons. The van der Waals surface area contributed by atoms with E-state index in [9.17, 15) is 14.7 Å². The molecule has 0 spiro atoms. The highest BCUT2D eigenvalue weighted by molar-refractivity contribution is 8.18. The molecule has 2 aromatic rings. The molecule has 0 aliphatic carbocycles. The summed E-state index contributed by atoms with van der Waals surface area (Å²) in [5, 5.41) is 10.0. The number of hydrogen-bond donors (Lipinski definition) is 1. The molecule has 1 fully saturated rings. The van der Waals surface area contributed by atoms with Gasteiger partial charge in [-0.3, -0.25) is 14.5 Å². The molecule has 0 bridgehead atoms. The van der Waals surface area contributed by atoms with Crippen LogP contribution in [0.5, 0.6) is 5.75 Å². The number of aromatic hydroxyl groups is 1. The predicted octanol–water partition coefficient (Wildman–Crippen LogP) is 4.94. The van der Waals surface area contributed by atoms with Gasteiger partial charge >= 0.3 is 0 Å². The maximum Gasteiger partial charge on any atom is 0.293 e. The number of benzene rings is 2. The van der Waals surface area contributed by atoms with Gasteiger partial charge in [-0.1, -0.05) is 41.4 Å². The number of hydrogen-bond acceptors (Lipinski definition) is 4. The number of nitrogens with zero attached hydrogens (tertiary/aromatic N) is 1. The highest BCUT2D eigenvalue weighted by atomic mass is 35.5. The first-order valence-electron chi connectivity index (χ1n) is 6.92. The standard InChI is InChI=1S/C17H11Cl2NO3S/c18-12-5-4-11(14(19)8-12)9-20-16(22)15(24-17(20)23)7-10-2-1-3-13(21)6-10/h1-8,21H,9H2/b15-7+. The van der Waals surface area contributed by atoms with Gasteiger partial charge in [-0.15, -0.1) is 0 Å². The second-order valence-corrected chi connectivity index (χ2v) is 6.94. The molecular weight excluding hydrogens is 369 g/mol. The quantitative estimate of drug-likeness (QED) is 0.767. The second-order valence-electron chi connectivity index (χ2n) is 5.10. The smallest absolute Gasteiger partial charge is 0.293 e. The first kappa shape index (κ1) is 16.9. The van der Waals surface area contributed by atoms with E-state index in [0.717, 1.165) is 16.7 Å². The van der Waals surface area contributed by atoms with E-state index in [1.165, 1.54) is 12.1 Å². The number of rotatable bonds is 3. The van der Waals surface area contributed by atoms with Gasteiger partial charge in [0.25, 0.3) is 11.1 Å². The number of phenols is 1. The van der Waals surface area contributed by atoms with E-state index in [1.807, 2.05) is 0 Å². The summed E-state index contributed by atoms with van der Waals surface area (Å²) in [6.07, 6.45) is 1.58. The van der Waals surface area contributed by atoms with Crippen molar-refractivity contribution in [2.24, 2.45) is 0 Å². The van der Waals surface area contributed by atoms with Gasteiger partial charge in [0, 0.05) is 10.0 Å². The zero-order chi connectivity index (χ0) is 17.3. The maximum absolute atomic E-state index is 12.5. The highest BCUT2D eigenvalue weighted by Gasteiger charge is 2.35. The van der Waals surface area contributed by atoms with Gasteiger partial charge < -0.3 is 5.11 Å². The second kappa shape index (κ2) is 6.89. The summed E-state index contributed by atoms with van der Waals surface area (Å²) in [6, 6.07) is 11.4. The Balaban J connectivity index is 1.84. The zero-order valence-corrected chi connectivity index (χ0v) is 14.5. The van der Waals surface area contributed by atoms with Gasteiger partial charge in [0.05, 0.1) is 11.4 Å². The summed E-state index contributed by atoms with van der Waals surface area (Å²) in [5.41, 5.74) is 1.28. The van der Waals surface area contributed by atoms with E-state index < -0.39 is 0 Å². The van der Waals surface area contributed by atoms with Gasteiger partial charge in [-0.05, 0) is 53.2 Å². The molecule has 24 heavy (non-hydrogen) atoms. The molecule has 1 heterocycles. The van der Waals surface area contributed by atoms with Crippen molar-refractivity contribution in [3.63, 3.8) is 0 Å². The zero-order valence-electron chi connectivity index (χ0n) is 12.2. The Bertz CT molecular complexity index is 867. The number of imide groups is 1. The molecule has 0 radical (unpaired) electrons. The lowest BCUT2D eigenvalue weighted by atomic mass is 10.2. The van der Waals surface area contributed by atoms with Crippen LogP contribution in [0.1, 0.15) is 11.1 Å². The normalized spacial score (nSPS) is 16.2. The molecule has 1 aliphatic rings. The summed E-state index contributed by atoms with van der Waals surface area (Å²) >= 11 is 12.8. The lowest BCUT2D eigenvalue weighted by molar-refractivity contribution is -0.123. The van der Waals surface area contributed by atoms with Crippen LogP contribution in [-0.2, 0) is 11.3 Å². The van der Waals surface area contributed by atoms with Crippen molar-refractivity contribution in [2.45, 2.75) is 6.54 Å². The molecule has 0 saturated carbocycles. The van der Waals surface area contributed by atoms with E-state index in [2.05, 4.69) is 0 Å². The number of carbonyl (C=O) groups is 2. The van der Waals surface area contributed by atoms with Crippen LogP contribution < -0.4 is 0 Å². The fraction of sp³-hybridized carbons (Fsp3) is 0.0588. The average Bonchev–Trinajstić information content (AvgIpc) is 2.77. The van der Waals surface area contributed by atoms with E-state index in [1.54, 1.807) is 36.4 Å². The molecule has 4 nitrogen and oxygen atoms in total. The third-order valence-corrected chi connectivity index (χ3v) is 4.88. The molecule has 1 aliphatic heterocycles. The van der Waals surface area contributed by atoms with E-state index in [-0.39, 0.29) is 23.4 Å². The Morgan fingerprint density at radius 1 is 1.12 bits per heavy atom. The fourth-order valence-corrected chi connectivity index (χ4v) is 3.53. The van der Waals surface area contributed by atoms with Crippen LogP contribution in [-0.4, -0.2) is 21.2 Å². The number of carbonyl (C=O) groups excluding carboxylic acids is 2. The average molecular weight is 380 g/mol. The number of phenolic OH excluding ortho intramolecular Hbond substituents is 1. The number of halogens is 2. The van der Waals surface area contributed by atoms with Crippen molar-refractivity contribution < 1.29 is 14.7 Å². The van der Waals surface area contributed by atoms with Crippen molar-refractivity contribution in [3.8, 4) is 5.75 Å². The van der Waals surface area contributed by atoms with Gasteiger partial charge in [-0.2, -0.15) is 0 Å². The molecule has 0 atom stereocenters. The topological polar surface area (TPSA) is 57.6 Å². The Labute approximate surface area is 152 Å². The first-order chi connectivity index (χ1) is 11.4. The molecule has 1 saturated heterocycles. The van der Waals surface area contributed by atoms with E-state index in [4.69, 9.17) is 23.2 Å². The van der Waals surface area contributed by atoms with Crippen LogP contribution in [0.4, 0.5) is 4.79 Å². The van der Waals surface area contributed by atoms with Crippen molar-refractivity contribution in [2.75, 3.05) is 0 Å². The lowest BCUT2D eigenvalue weighted by Crippen LogP contribution is -2.27. The molecule has 0 aromatic heterocycles. The number of amides is 2. The minimum atomic E-state index is -0.389. The van der Waals surface area contributed by atoms with Crippen molar-refractivity contribution in [1.82, 2.24) is 4.90 Å². The van der Waals surface area contributed by atoms with Crippen molar-refractivity contribution in [1.29, 1.82) is 0 Å². The lowest BCUT2D eigenvalue weighted by Gasteiger charge is -2.13. The molecule has 7 heteroatoms. The van der Waals surface area contributed by atoms with E-state index in [0.29, 0.717) is 26.1 Å². The summed E-state index contributed by atoms with van der Waals surface area (Å²) in [6.45, 7) is 0.0814. The predicted molar refractivity (Wildman–Crippen MR) is 96.1 cm³/mol. The van der Waals surface area contributed by atoms with Gasteiger partial charge in [0.1, 0.15) is 5.75 Å². The van der Waals surface area contributed by atoms with Gasteiger partial charge in [0.15, 0.2) is 0 Å². The SMILES string of the molecule is O=C1S/C(=C/c2cccc(O)c2)C(=O)N1Cc1ccc(Cl)cc1Cl. The fourth-order valence-electron chi connectivity index (χ4n) is 2.22. The highest BCUT2D eigenvalue weighted by Crippen LogP contribution is 2.34. The Morgan fingerprint density at radius 2 is 1.92 bits per heavy atom. The van der Waals surface area contributed by atoms with Crippen molar-refractivity contribution in [3.05, 3.63) is 68.5 Å². The van der Waals surface area contributed by atoms with Crippen LogP contribution in [0, 0.1) is 0 Å². The van der Waals surface area contributed by atoms with Crippen LogP contribution in [0.15, 0.2) is 47.4 Å². The summed E-state index contributed by atoms with van der Waals surface area (Å²) < 4.78 is 0. The summed E-state index contributed by atoms with van der Waals surface area (Å²) in [4.78, 5) is 26.1. The van der Waals surface area contributed by atoms with E-state index >= 15 is 0 Å². The molecule has 3 rings (SSSR count). The van der Waals surface area contributed by atoms with Crippen LogP contribution in [0.3, 0.4) is 0 Å². The number of thioether (sulfide) groups is 1. The molecule has 2 aromatic carbocycles. The molecule has 2 amide bonds. The Kier molecular flexibility index (Phi) is 4.85.